The molecule has 0 aliphatic carbocycles. The molecule has 0 atom stereocenters. The average molecular weight is 395 g/mol. The first kappa shape index (κ1) is 26.1. The lowest BCUT2D eigenvalue weighted by Crippen LogP contribution is -2.36. The molecule has 0 spiro atoms. The van der Waals surface area contributed by atoms with E-state index >= 15 is 0 Å². The Labute approximate surface area is 170 Å². The van der Waals surface area contributed by atoms with Gasteiger partial charge in [-0.25, -0.2) is 0 Å². The summed E-state index contributed by atoms with van der Waals surface area (Å²) in [7, 11) is 3.36. The van der Waals surface area contributed by atoms with E-state index in [1.807, 2.05) is 44.2 Å². The number of hydrogen-bond donors (Lipinski definition) is 0. The number of anilines is 1. The molecular weight excluding hydrogens is 356 g/mol. The van der Waals surface area contributed by atoms with E-state index in [9.17, 15) is 9.59 Å². The van der Waals surface area contributed by atoms with Crippen LogP contribution in [0.4, 0.5) is 5.69 Å². The van der Waals surface area contributed by atoms with Gasteiger partial charge >= 0.3 is 0 Å². The molecule has 0 saturated heterocycles. The smallest absolute Gasteiger partial charge is 0.236 e. The molecule has 0 fully saturated rings. The molecule has 160 valence electrons. The molecule has 0 N–H and O–H groups in total. The molecule has 0 radical (unpaired) electrons. The van der Waals surface area contributed by atoms with E-state index in [2.05, 4.69) is 13.8 Å². The average Bonchev–Trinajstić information content (AvgIpc) is 2.71. The van der Waals surface area contributed by atoms with Crippen LogP contribution in [-0.2, 0) is 19.1 Å². The molecule has 0 heterocycles. The van der Waals surface area contributed by atoms with E-state index in [0.29, 0.717) is 32.3 Å². The highest BCUT2D eigenvalue weighted by atomic mass is 16.5. The minimum absolute atomic E-state index is 0.148. The van der Waals surface area contributed by atoms with Gasteiger partial charge in [0.05, 0.1) is 6.61 Å². The molecule has 0 bridgehead atoms. The summed E-state index contributed by atoms with van der Waals surface area (Å²) in [5, 5.41) is 0. The van der Waals surface area contributed by atoms with E-state index in [1.54, 1.807) is 14.1 Å². The lowest BCUT2D eigenvalue weighted by atomic mass is 10.2. The Morgan fingerprint density at radius 2 is 1.54 bits per heavy atom. The van der Waals surface area contributed by atoms with Crippen LogP contribution in [0.2, 0.25) is 0 Å². The van der Waals surface area contributed by atoms with Gasteiger partial charge in [0.1, 0.15) is 6.42 Å². The number of carbonyl (C=O) groups excluding carboxylic acids is 2. The topological polar surface area (TPSA) is 59.1 Å². The zero-order valence-corrected chi connectivity index (χ0v) is 18.4. The van der Waals surface area contributed by atoms with Crippen molar-refractivity contribution in [3.8, 4) is 0 Å². The van der Waals surface area contributed by atoms with Crippen molar-refractivity contribution in [2.75, 3.05) is 52.0 Å². The highest BCUT2D eigenvalue weighted by Crippen LogP contribution is 2.12. The fourth-order valence-corrected chi connectivity index (χ4v) is 2.19. The number of para-hydroxylation sites is 1. The molecule has 6 heteroatoms. The third-order valence-electron chi connectivity index (χ3n) is 3.85. The Morgan fingerprint density at radius 3 is 2.14 bits per heavy atom. The van der Waals surface area contributed by atoms with Crippen LogP contribution in [0.15, 0.2) is 30.3 Å². The van der Waals surface area contributed by atoms with Gasteiger partial charge in [0.2, 0.25) is 11.8 Å². The normalized spacial score (nSPS) is 10.2. The van der Waals surface area contributed by atoms with Gasteiger partial charge in [-0.2, -0.15) is 0 Å². The maximum absolute atomic E-state index is 12.2. The maximum atomic E-state index is 12.2. The molecule has 1 rings (SSSR count). The number of carbonyl (C=O) groups is 2. The van der Waals surface area contributed by atoms with E-state index in [1.165, 1.54) is 9.80 Å². The first-order chi connectivity index (χ1) is 13.4. The fraction of sp³-hybridized carbons (Fsp3) is 0.636. The zero-order chi connectivity index (χ0) is 21.4. The second-order valence-electron chi connectivity index (χ2n) is 6.72. The van der Waals surface area contributed by atoms with Gasteiger partial charge in [0.25, 0.3) is 0 Å². The van der Waals surface area contributed by atoms with Crippen LogP contribution in [0.3, 0.4) is 0 Å². The summed E-state index contributed by atoms with van der Waals surface area (Å²) < 4.78 is 11.0. The summed E-state index contributed by atoms with van der Waals surface area (Å²) in [4.78, 5) is 27.4. The molecule has 0 aliphatic heterocycles. The highest BCUT2D eigenvalue weighted by Gasteiger charge is 2.18. The number of benzene rings is 1. The van der Waals surface area contributed by atoms with E-state index in [0.717, 1.165) is 18.7 Å². The second kappa shape index (κ2) is 16.1. The van der Waals surface area contributed by atoms with Gasteiger partial charge in [-0.1, -0.05) is 45.9 Å². The third-order valence-corrected chi connectivity index (χ3v) is 3.85. The van der Waals surface area contributed by atoms with Crippen molar-refractivity contribution in [2.45, 2.75) is 40.5 Å². The largest absolute Gasteiger partial charge is 0.381 e. The van der Waals surface area contributed by atoms with Crippen molar-refractivity contribution < 1.29 is 19.1 Å². The van der Waals surface area contributed by atoms with Gasteiger partial charge in [-0.15, -0.1) is 0 Å². The van der Waals surface area contributed by atoms with Crippen LogP contribution in [0.25, 0.3) is 0 Å². The molecule has 1 aromatic carbocycles. The Morgan fingerprint density at radius 1 is 0.929 bits per heavy atom. The predicted octanol–water partition coefficient (Wildman–Crippen LogP) is 3.60. The van der Waals surface area contributed by atoms with Crippen molar-refractivity contribution in [1.29, 1.82) is 0 Å². The number of hydrogen-bond acceptors (Lipinski definition) is 4. The Bertz CT molecular complexity index is 535. The Hall–Kier alpha value is -1.92. The summed E-state index contributed by atoms with van der Waals surface area (Å²) in [6.07, 6.45) is 0.690. The van der Waals surface area contributed by atoms with Gasteiger partial charge in [-0.05, 0) is 24.5 Å². The fourth-order valence-electron chi connectivity index (χ4n) is 2.19. The SMILES string of the molecule is CC.CC(C)COCCCOCCN(C)C(=O)CC(=O)N(C)c1ccccc1. The van der Waals surface area contributed by atoms with Crippen molar-refractivity contribution in [2.24, 2.45) is 5.92 Å². The molecule has 2 amide bonds. The van der Waals surface area contributed by atoms with Crippen LogP contribution in [0, 0.1) is 5.92 Å². The minimum Gasteiger partial charge on any atom is -0.381 e. The van der Waals surface area contributed by atoms with E-state index in [4.69, 9.17) is 9.47 Å². The molecule has 1 aromatic rings. The van der Waals surface area contributed by atoms with Crippen LogP contribution < -0.4 is 4.90 Å². The van der Waals surface area contributed by atoms with Crippen LogP contribution in [0.5, 0.6) is 0 Å². The summed E-state index contributed by atoms with van der Waals surface area (Å²) in [5.41, 5.74) is 0.774. The Balaban J connectivity index is 0.00000352. The van der Waals surface area contributed by atoms with Crippen molar-refractivity contribution in [1.82, 2.24) is 4.90 Å². The second-order valence-corrected chi connectivity index (χ2v) is 6.72. The molecule has 0 aromatic heterocycles. The van der Waals surface area contributed by atoms with Crippen LogP contribution in [0.1, 0.15) is 40.5 Å². The molecule has 0 aliphatic rings. The Kier molecular flexibility index (Phi) is 15.0. The summed E-state index contributed by atoms with van der Waals surface area (Å²) in [6.45, 7) is 11.2. The van der Waals surface area contributed by atoms with Crippen LogP contribution in [-0.4, -0.2) is 63.8 Å². The maximum Gasteiger partial charge on any atom is 0.236 e. The molecule has 28 heavy (non-hydrogen) atoms. The predicted molar refractivity (Wildman–Crippen MR) is 115 cm³/mol. The standard InChI is InChI=1S/C20H32N2O4.C2H6/c1-17(2)16-26-13-8-12-25-14-11-21(3)19(23)15-20(24)22(4)18-9-6-5-7-10-18;1-2/h5-7,9-10,17H,8,11-16H2,1-4H3;1-2H3. The number of likely N-dealkylation sites (N-methyl/N-ethyl adjacent to an activating group) is 1. The van der Waals surface area contributed by atoms with Gasteiger partial charge in [0, 0.05) is 46.1 Å². The zero-order valence-electron chi connectivity index (χ0n) is 18.4. The highest BCUT2D eigenvalue weighted by molar-refractivity contribution is 6.04. The number of ether oxygens (including phenoxy) is 2. The lowest BCUT2D eigenvalue weighted by molar-refractivity contribution is -0.134. The van der Waals surface area contributed by atoms with Gasteiger partial charge in [-0.3, -0.25) is 9.59 Å². The van der Waals surface area contributed by atoms with Crippen LogP contribution >= 0.6 is 0 Å². The molecule has 0 saturated carbocycles. The molecular formula is C22H38N2O4. The summed E-state index contributed by atoms with van der Waals surface area (Å²) >= 11 is 0. The summed E-state index contributed by atoms with van der Waals surface area (Å²) in [6, 6.07) is 9.28. The molecule has 0 unspecified atom stereocenters. The van der Waals surface area contributed by atoms with Gasteiger partial charge in [0.15, 0.2) is 0 Å². The minimum atomic E-state index is -0.226. The number of rotatable bonds is 12. The van der Waals surface area contributed by atoms with Crippen molar-refractivity contribution in [3.05, 3.63) is 30.3 Å². The number of amides is 2. The number of nitrogens with zero attached hydrogens (tertiary/aromatic N) is 2. The molecule has 6 nitrogen and oxygen atoms in total. The van der Waals surface area contributed by atoms with E-state index < -0.39 is 0 Å². The van der Waals surface area contributed by atoms with Crippen molar-refractivity contribution >= 4 is 17.5 Å². The monoisotopic (exact) mass is 394 g/mol. The van der Waals surface area contributed by atoms with Gasteiger partial charge < -0.3 is 19.3 Å². The first-order valence-electron chi connectivity index (χ1n) is 10.1. The third kappa shape index (κ3) is 11.7. The summed E-state index contributed by atoms with van der Waals surface area (Å²) in [5.74, 6) is 0.108. The van der Waals surface area contributed by atoms with Crippen molar-refractivity contribution in [3.63, 3.8) is 0 Å². The quantitative estimate of drug-likeness (QED) is 0.401. The van der Waals surface area contributed by atoms with E-state index in [-0.39, 0.29) is 18.2 Å². The lowest BCUT2D eigenvalue weighted by Gasteiger charge is -2.20. The first-order valence-corrected chi connectivity index (χ1v) is 10.1.